The second-order valence-electron chi connectivity index (χ2n) is 6.96. The van der Waals surface area contributed by atoms with Crippen molar-refractivity contribution in [2.45, 2.75) is 45.5 Å². The summed E-state index contributed by atoms with van der Waals surface area (Å²) in [4.78, 5) is 26.0. The first kappa shape index (κ1) is 19.5. The molecule has 0 fully saturated rings. The monoisotopic (exact) mass is 389 g/mol. The molecule has 2 heterocycles. The highest BCUT2D eigenvalue weighted by Gasteiger charge is 2.35. The summed E-state index contributed by atoms with van der Waals surface area (Å²) in [7, 11) is 0. The standard InChI is InChI=1S/C20H23NO5S/c1-4-25-19(24)15-13-10-20(2,3)26-11-14(13)27-18(15)21-17(23)16(22)12-8-6-5-7-9-12/h5-9,16,22H,4,10-11H2,1-3H3,(H,21,23). The molecule has 0 spiro atoms. The van der Waals surface area contributed by atoms with Crippen LogP contribution in [0.2, 0.25) is 0 Å². The Morgan fingerprint density at radius 2 is 2.04 bits per heavy atom. The molecule has 144 valence electrons. The number of hydrogen-bond acceptors (Lipinski definition) is 6. The van der Waals surface area contributed by atoms with Crippen molar-refractivity contribution in [3.63, 3.8) is 0 Å². The molecule has 1 aliphatic heterocycles. The number of esters is 1. The van der Waals surface area contributed by atoms with Gasteiger partial charge in [0.1, 0.15) is 5.00 Å². The van der Waals surface area contributed by atoms with Crippen molar-refractivity contribution in [3.8, 4) is 0 Å². The molecular formula is C20H23NO5S. The third kappa shape index (κ3) is 4.21. The zero-order chi connectivity index (χ0) is 19.6. The number of amides is 1. The van der Waals surface area contributed by atoms with E-state index in [1.807, 2.05) is 19.9 Å². The van der Waals surface area contributed by atoms with E-state index in [-0.39, 0.29) is 6.61 Å². The Morgan fingerprint density at radius 3 is 2.70 bits per heavy atom. The minimum Gasteiger partial charge on any atom is -0.462 e. The number of thiophene rings is 1. The summed E-state index contributed by atoms with van der Waals surface area (Å²) in [6.07, 6.45) is -0.780. The fourth-order valence-corrected chi connectivity index (χ4v) is 4.15. The summed E-state index contributed by atoms with van der Waals surface area (Å²) in [5, 5.41) is 13.4. The lowest BCUT2D eigenvalue weighted by Gasteiger charge is -2.30. The van der Waals surface area contributed by atoms with Crippen LogP contribution < -0.4 is 5.32 Å². The third-order valence-electron chi connectivity index (χ3n) is 4.37. The average Bonchev–Trinajstić information content (AvgIpc) is 2.97. The number of aliphatic hydroxyl groups excluding tert-OH is 1. The average molecular weight is 389 g/mol. The summed E-state index contributed by atoms with van der Waals surface area (Å²) >= 11 is 1.29. The van der Waals surface area contributed by atoms with Crippen LogP contribution in [0.5, 0.6) is 0 Å². The van der Waals surface area contributed by atoms with E-state index in [0.29, 0.717) is 29.2 Å². The van der Waals surface area contributed by atoms with Gasteiger partial charge >= 0.3 is 5.97 Å². The maximum absolute atomic E-state index is 12.6. The number of fused-ring (bicyclic) bond motifs is 1. The van der Waals surface area contributed by atoms with Crippen LogP contribution in [-0.2, 0) is 27.3 Å². The molecule has 0 saturated heterocycles. The minimum absolute atomic E-state index is 0.239. The molecule has 7 heteroatoms. The lowest BCUT2D eigenvalue weighted by Crippen LogP contribution is -2.32. The van der Waals surface area contributed by atoms with Crippen LogP contribution in [0.4, 0.5) is 5.00 Å². The fourth-order valence-electron chi connectivity index (χ4n) is 3.03. The number of aliphatic hydroxyl groups is 1. The van der Waals surface area contributed by atoms with Crippen molar-refractivity contribution >= 4 is 28.2 Å². The lowest BCUT2D eigenvalue weighted by molar-refractivity contribution is -0.124. The number of hydrogen-bond donors (Lipinski definition) is 2. The highest BCUT2D eigenvalue weighted by Crippen LogP contribution is 2.41. The van der Waals surface area contributed by atoms with Crippen LogP contribution in [0.25, 0.3) is 0 Å². The second kappa shape index (κ2) is 7.80. The van der Waals surface area contributed by atoms with Crippen molar-refractivity contribution in [2.75, 3.05) is 11.9 Å². The van der Waals surface area contributed by atoms with Crippen LogP contribution in [0, 0.1) is 0 Å². The van der Waals surface area contributed by atoms with Gasteiger partial charge in [-0.25, -0.2) is 4.79 Å². The van der Waals surface area contributed by atoms with Crippen LogP contribution in [0.15, 0.2) is 30.3 Å². The van der Waals surface area contributed by atoms with E-state index in [0.717, 1.165) is 10.4 Å². The van der Waals surface area contributed by atoms with Gasteiger partial charge in [0.15, 0.2) is 6.10 Å². The molecule has 3 rings (SSSR count). The summed E-state index contributed by atoms with van der Waals surface area (Å²) in [6.45, 7) is 6.26. The molecule has 1 aliphatic rings. The smallest absolute Gasteiger partial charge is 0.341 e. The van der Waals surface area contributed by atoms with Crippen LogP contribution in [-0.4, -0.2) is 29.2 Å². The van der Waals surface area contributed by atoms with Crippen LogP contribution >= 0.6 is 11.3 Å². The molecule has 1 amide bonds. The maximum Gasteiger partial charge on any atom is 0.341 e. The first-order valence-corrected chi connectivity index (χ1v) is 9.63. The zero-order valence-electron chi connectivity index (χ0n) is 15.6. The van der Waals surface area contributed by atoms with E-state index in [1.165, 1.54) is 11.3 Å². The van der Waals surface area contributed by atoms with Gasteiger partial charge in [-0.05, 0) is 31.9 Å². The first-order chi connectivity index (χ1) is 12.8. The van der Waals surface area contributed by atoms with Gasteiger partial charge in [-0.15, -0.1) is 11.3 Å². The van der Waals surface area contributed by atoms with Crippen molar-refractivity contribution in [3.05, 3.63) is 51.9 Å². The number of ether oxygens (including phenoxy) is 2. The Labute approximate surface area is 162 Å². The highest BCUT2D eigenvalue weighted by molar-refractivity contribution is 7.17. The molecular weight excluding hydrogens is 366 g/mol. The SMILES string of the molecule is CCOC(=O)c1c(NC(=O)C(O)c2ccccc2)sc2c1CC(C)(C)OC2. The Kier molecular flexibility index (Phi) is 5.64. The largest absolute Gasteiger partial charge is 0.462 e. The van der Waals surface area contributed by atoms with Crippen LogP contribution in [0.1, 0.15) is 53.2 Å². The molecule has 1 unspecified atom stereocenters. The summed E-state index contributed by atoms with van der Waals surface area (Å²) in [6, 6.07) is 8.65. The highest BCUT2D eigenvalue weighted by atomic mass is 32.1. The number of anilines is 1. The summed E-state index contributed by atoms with van der Waals surface area (Å²) in [5.74, 6) is -1.07. The number of carbonyl (C=O) groups is 2. The van der Waals surface area contributed by atoms with Gasteiger partial charge in [-0.3, -0.25) is 4.79 Å². The first-order valence-electron chi connectivity index (χ1n) is 8.82. The van der Waals surface area contributed by atoms with Crippen molar-refractivity contribution in [1.29, 1.82) is 0 Å². The van der Waals surface area contributed by atoms with E-state index >= 15 is 0 Å². The van der Waals surface area contributed by atoms with Crippen LogP contribution in [0.3, 0.4) is 0 Å². The van der Waals surface area contributed by atoms with E-state index in [1.54, 1.807) is 31.2 Å². The molecule has 0 bridgehead atoms. The second-order valence-corrected chi connectivity index (χ2v) is 8.06. The molecule has 1 aromatic heterocycles. The van der Waals surface area contributed by atoms with Crippen molar-refractivity contribution in [2.24, 2.45) is 0 Å². The van der Waals surface area contributed by atoms with Gasteiger partial charge in [0, 0.05) is 11.3 Å². The van der Waals surface area contributed by atoms with Gasteiger partial charge in [0.2, 0.25) is 0 Å². The van der Waals surface area contributed by atoms with Crippen molar-refractivity contribution < 1.29 is 24.2 Å². The molecule has 27 heavy (non-hydrogen) atoms. The number of nitrogens with one attached hydrogen (secondary N) is 1. The van der Waals surface area contributed by atoms with E-state index in [4.69, 9.17) is 9.47 Å². The fraction of sp³-hybridized carbons (Fsp3) is 0.400. The molecule has 0 radical (unpaired) electrons. The normalized spacial score (nSPS) is 16.3. The Balaban J connectivity index is 1.92. The number of carbonyl (C=O) groups excluding carboxylic acids is 2. The molecule has 6 nitrogen and oxygen atoms in total. The van der Waals surface area contributed by atoms with Gasteiger partial charge in [0.25, 0.3) is 5.91 Å². The quantitative estimate of drug-likeness (QED) is 0.765. The Morgan fingerprint density at radius 1 is 1.33 bits per heavy atom. The Hall–Kier alpha value is -2.22. The lowest BCUT2D eigenvalue weighted by atomic mass is 9.93. The predicted octanol–water partition coefficient (Wildman–Crippen LogP) is 3.45. The molecule has 2 aromatic rings. The predicted molar refractivity (Wildman–Crippen MR) is 103 cm³/mol. The van der Waals surface area contributed by atoms with E-state index in [9.17, 15) is 14.7 Å². The molecule has 2 N–H and O–H groups in total. The Bertz CT molecular complexity index is 844. The van der Waals surface area contributed by atoms with Gasteiger partial charge in [-0.2, -0.15) is 0 Å². The molecule has 1 atom stereocenters. The topological polar surface area (TPSA) is 84.9 Å². The van der Waals surface area contributed by atoms with Gasteiger partial charge in [0.05, 0.1) is 24.4 Å². The minimum atomic E-state index is -1.33. The molecule has 0 saturated carbocycles. The zero-order valence-corrected chi connectivity index (χ0v) is 16.4. The van der Waals surface area contributed by atoms with Gasteiger partial charge < -0.3 is 19.9 Å². The van der Waals surface area contributed by atoms with E-state index in [2.05, 4.69) is 5.32 Å². The molecule has 1 aromatic carbocycles. The van der Waals surface area contributed by atoms with E-state index < -0.39 is 23.6 Å². The summed E-state index contributed by atoms with van der Waals surface area (Å²) < 4.78 is 11.0. The number of benzene rings is 1. The maximum atomic E-state index is 12.6. The third-order valence-corrected chi connectivity index (χ3v) is 5.49. The van der Waals surface area contributed by atoms with Gasteiger partial charge in [-0.1, -0.05) is 30.3 Å². The van der Waals surface area contributed by atoms with Crippen molar-refractivity contribution in [1.82, 2.24) is 0 Å². The number of rotatable bonds is 5. The summed E-state index contributed by atoms with van der Waals surface area (Å²) in [5.41, 5.74) is 1.29. The molecule has 0 aliphatic carbocycles.